The van der Waals surface area contributed by atoms with Crippen LogP contribution in [0.3, 0.4) is 0 Å². The lowest BCUT2D eigenvalue weighted by Gasteiger charge is -2.25. The van der Waals surface area contributed by atoms with Crippen molar-refractivity contribution in [3.63, 3.8) is 0 Å². The first kappa shape index (κ1) is 17.4. The van der Waals surface area contributed by atoms with Gasteiger partial charge in [-0.1, -0.05) is 42.5 Å². The molecule has 2 aromatic rings. The van der Waals surface area contributed by atoms with Gasteiger partial charge in [0.25, 0.3) is 0 Å². The van der Waals surface area contributed by atoms with E-state index in [9.17, 15) is 9.59 Å². The minimum Gasteiger partial charge on any atom is -0.469 e. The van der Waals surface area contributed by atoms with Crippen LogP contribution in [0.4, 0.5) is 0 Å². The van der Waals surface area contributed by atoms with Gasteiger partial charge in [0.1, 0.15) is 0 Å². The summed E-state index contributed by atoms with van der Waals surface area (Å²) in [6.45, 7) is 1.59. The third kappa shape index (κ3) is 4.17. The first-order valence-corrected chi connectivity index (χ1v) is 8.74. The number of esters is 1. The predicted molar refractivity (Wildman–Crippen MR) is 97.1 cm³/mol. The fourth-order valence-electron chi connectivity index (χ4n) is 3.56. The number of ether oxygens (including phenoxy) is 1. The van der Waals surface area contributed by atoms with Crippen molar-refractivity contribution < 1.29 is 14.3 Å². The van der Waals surface area contributed by atoms with Crippen LogP contribution in [0.1, 0.15) is 30.9 Å². The number of hydrogen-bond donors (Lipinski definition) is 1. The lowest BCUT2D eigenvalue weighted by atomic mass is 9.97. The van der Waals surface area contributed by atoms with E-state index in [2.05, 4.69) is 51.4 Å². The summed E-state index contributed by atoms with van der Waals surface area (Å²) in [5.74, 6) is -0.355. The highest BCUT2D eigenvalue weighted by atomic mass is 16.5. The molecule has 0 saturated carbocycles. The molecular formula is C20H24N2O3. The first-order valence-electron chi connectivity index (χ1n) is 8.74. The Morgan fingerprint density at radius 1 is 1.20 bits per heavy atom. The summed E-state index contributed by atoms with van der Waals surface area (Å²) in [4.78, 5) is 25.6. The Balaban J connectivity index is 1.66. The maximum Gasteiger partial charge on any atom is 0.307 e. The quantitative estimate of drug-likeness (QED) is 0.822. The van der Waals surface area contributed by atoms with Crippen molar-refractivity contribution in [3.8, 4) is 0 Å². The van der Waals surface area contributed by atoms with Crippen LogP contribution in [0.15, 0.2) is 42.5 Å². The molecule has 132 valence electrons. The van der Waals surface area contributed by atoms with Crippen LogP contribution in [0, 0.1) is 0 Å². The number of rotatable bonds is 6. The number of nitrogens with one attached hydrogen (secondary N) is 1. The van der Waals surface area contributed by atoms with Crippen molar-refractivity contribution in [1.29, 1.82) is 0 Å². The van der Waals surface area contributed by atoms with Gasteiger partial charge >= 0.3 is 5.97 Å². The normalized spacial score (nSPS) is 17.6. The molecular weight excluding hydrogens is 316 g/mol. The third-order valence-corrected chi connectivity index (χ3v) is 4.77. The standard InChI is InChI=1S/C20H24N2O3/c1-25-20(24)11-12-21-19(23)14-22-13-5-10-18(22)17-9-4-7-15-6-2-3-8-16(15)17/h2-4,6-9,18H,5,10-14H2,1H3,(H,21,23). The van der Waals surface area contributed by atoms with Crippen LogP contribution in [0.5, 0.6) is 0 Å². The molecule has 0 spiro atoms. The SMILES string of the molecule is COC(=O)CCNC(=O)CN1CCCC1c1cccc2ccccc12. The second-order valence-electron chi connectivity index (χ2n) is 6.37. The van der Waals surface area contributed by atoms with Crippen molar-refractivity contribution in [1.82, 2.24) is 10.2 Å². The van der Waals surface area contributed by atoms with Gasteiger partial charge in [-0.3, -0.25) is 14.5 Å². The molecule has 1 heterocycles. The number of amides is 1. The maximum atomic E-state index is 12.2. The van der Waals surface area contributed by atoms with Gasteiger partial charge in [0.15, 0.2) is 0 Å². The lowest BCUT2D eigenvalue weighted by Crippen LogP contribution is -2.37. The summed E-state index contributed by atoms with van der Waals surface area (Å²) in [6, 6.07) is 15.0. The molecule has 0 aliphatic carbocycles. The van der Waals surface area contributed by atoms with Crippen molar-refractivity contribution in [2.75, 3.05) is 26.7 Å². The van der Waals surface area contributed by atoms with E-state index < -0.39 is 0 Å². The molecule has 5 heteroatoms. The topological polar surface area (TPSA) is 58.6 Å². The number of likely N-dealkylation sites (tertiary alicyclic amines) is 1. The third-order valence-electron chi connectivity index (χ3n) is 4.77. The summed E-state index contributed by atoms with van der Waals surface area (Å²) in [7, 11) is 1.35. The summed E-state index contributed by atoms with van der Waals surface area (Å²) in [5.41, 5.74) is 1.29. The van der Waals surface area contributed by atoms with Gasteiger partial charge in [0, 0.05) is 12.6 Å². The second kappa shape index (κ2) is 8.12. The Hall–Kier alpha value is -2.40. The lowest BCUT2D eigenvalue weighted by molar-refractivity contribution is -0.140. The molecule has 25 heavy (non-hydrogen) atoms. The summed E-state index contributed by atoms with van der Waals surface area (Å²) >= 11 is 0. The van der Waals surface area contributed by atoms with E-state index in [1.54, 1.807) is 0 Å². The van der Waals surface area contributed by atoms with Crippen molar-refractivity contribution in [2.45, 2.75) is 25.3 Å². The zero-order valence-corrected chi connectivity index (χ0v) is 14.5. The number of fused-ring (bicyclic) bond motifs is 1. The highest BCUT2D eigenvalue weighted by Gasteiger charge is 2.28. The Labute approximate surface area is 148 Å². The molecule has 5 nitrogen and oxygen atoms in total. The fraction of sp³-hybridized carbons (Fsp3) is 0.400. The largest absolute Gasteiger partial charge is 0.469 e. The predicted octanol–water partition coefficient (Wildman–Crippen LogP) is 2.66. The minimum absolute atomic E-state index is 0.0453. The molecule has 1 atom stereocenters. The Kier molecular flexibility index (Phi) is 5.66. The zero-order valence-electron chi connectivity index (χ0n) is 14.5. The summed E-state index contributed by atoms with van der Waals surface area (Å²) < 4.78 is 4.58. The van der Waals surface area contributed by atoms with Crippen molar-refractivity contribution in [3.05, 3.63) is 48.0 Å². The molecule has 0 bridgehead atoms. The number of carbonyl (C=O) groups is 2. The smallest absolute Gasteiger partial charge is 0.307 e. The molecule has 1 unspecified atom stereocenters. The molecule has 1 amide bonds. The van der Waals surface area contributed by atoms with Gasteiger partial charge in [-0.2, -0.15) is 0 Å². The zero-order chi connectivity index (χ0) is 17.6. The average molecular weight is 340 g/mol. The molecule has 1 N–H and O–H groups in total. The van der Waals surface area contributed by atoms with Gasteiger partial charge in [0.2, 0.25) is 5.91 Å². The van der Waals surface area contributed by atoms with E-state index in [-0.39, 0.29) is 24.3 Å². The molecule has 1 aliphatic heterocycles. The Bertz CT molecular complexity index is 754. The number of hydrogen-bond acceptors (Lipinski definition) is 4. The number of benzene rings is 2. The number of carbonyl (C=O) groups excluding carboxylic acids is 2. The molecule has 0 radical (unpaired) electrons. The summed E-state index contributed by atoms with van der Waals surface area (Å²) in [6.07, 6.45) is 2.35. The summed E-state index contributed by atoms with van der Waals surface area (Å²) in [5, 5.41) is 5.29. The Morgan fingerprint density at radius 2 is 2.00 bits per heavy atom. The van der Waals surface area contributed by atoms with Crippen LogP contribution in [0.2, 0.25) is 0 Å². The van der Waals surface area contributed by atoms with Crippen LogP contribution < -0.4 is 5.32 Å². The minimum atomic E-state index is -0.310. The highest BCUT2D eigenvalue weighted by molar-refractivity contribution is 5.86. The second-order valence-corrected chi connectivity index (χ2v) is 6.37. The molecule has 3 rings (SSSR count). The van der Waals surface area contributed by atoms with Gasteiger partial charge < -0.3 is 10.1 Å². The van der Waals surface area contributed by atoms with Gasteiger partial charge in [0.05, 0.1) is 20.1 Å². The molecule has 2 aromatic carbocycles. The number of nitrogens with zero attached hydrogens (tertiary/aromatic N) is 1. The van der Waals surface area contributed by atoms with Gasteiger partial charge in [-0.15, -0.1) is 0 Å². The van der Waals surface area contributed by atoms with E-state index in [0.29, 0.717) is 13.1 Å². The van der Waals surface area contributed by atoms with E-state index in [4.69, 9.17) is 0 Å². The molecule has 0 aromatic heterocycles. The number of methoxy groups -OCH3 is 1. The highest BCUT2D eigenvalue weighted by Crippen LogP contribution is 2.35. The van der Waals surface area contributed by atoms with E-state index in [1.807, 2.05) is 6.07 Å². The van der Waals surface area contributed by atoms with E-state index >= 15 is 0 Å². The molecule has 1 saturated heterocycles. The monoisotopic (exact) mass is 340 g/mol. The Morgan fingerprint density at radius 3 is 2.84 bits per heavy atom. The van der Waals surface area contributed by atoms with Gasteiger partial charge in [-0.25, -0.2) is 0 Å². The maximum absolute atomic E-state index is 12.2. The van der Waals surface area contributed by atoms with Crippen molar-refractivity contribution in [2.24, 2.45) is 0 Å². The van der Waals surface area contributed by atoms with Crippen LogP contribution in [-0.4, -0.2) is 43.5 Å². The first-order chi connectivity index (χ1) is 12.2. The van der Waals surface area contributed by atoms with Crippen LogP contribution in [-0.2, 0) is 14.3 Å². The van der Waals surface area contributed by atoms with E-state index in [0.717, 1.165) is 19.4 Å². The molecule has 1 fully saturated rings. The van der Waals surface area contributed by atoms with Crippen molar-refractivity contribution >= 4 is 22.6 Å². The fourth-order valence-corrected chi connectivity index (χ4v) is 3.56. The van der Waals surface area contributed by atoms with Crippen LogP contribution >= 0.6 is 0 Å². The van der Waals surface area contributed by atoms with Crippen LogP contribution in [0.25, 0.3) is 10.8 Å². The van der Waals surface area contributed by atoms with Gasteiger partial charge in [-0.05, 0) is 35.7 Å². The molecule has 1 aliphatic rings. The van der Waals surface area contributed by atoms with E-state index in [1.165, 1.54) is 23.4 Å². The average Bonchev–Trinajstić information content (AvgIpc) is 3.08.